The van der Waals surface area contributed by atoms with Gasteiger partial charge in [0.1, 0.15) is 11.9 Å². The molecule has 2 heterocycles. The summed E-state index contributed by atoms with van der Waals surface area (Å²) in [5.74, 6) is 1.48. The lowest BCUT2D eigenvalue weighted by atomic mass is 10.1. The molecule has 2 rings (SSSR count). The van der Waals surface area contributed by atoms with E-state index >= 15 is 0 Å². The number of rotatable bonds is 4. The van der Waals surface area contributed by atoms with E-state index in [9.17, 15) is 0 Å². The van der Waals surface area contributed by atoms with Gasteiger partial charge in [-0.15, -0.1) is 0 Å². The molecule has 17 heavy (non-hydrogen) atoms. The van der Waals surface area contributed by atoms with E-state index in [4.69, 9.17) is 9.47 Å². The summed E-state index contributed by atoms with van der Waals surface area (Å²) in [6, 6.07) is 3.78. The summed E-state index contributed by atoms with van der Waals surface area (Å²) >= 11 is 0. The van der Waals surface area contributed by atoms with Crippen molar-refractivity contribution in [2.75, 3.05) is 13.1 Å². The first-order valence-corrected chi connectivity index (χ1v) is 6.24. The van der Waals surface area contributed by atoms with Crippen molar-refractivity contribution < 1.29 is 9.47 Å². The highest BCUT2D eigenvalue weighted by Gasteiger charge is 2.14. The molecule has 1 fully saturated rings. The molecule has 94 valence electrons. The maximum absolute atomic E-state index is 5.81. The predicted octanol–water partition coefficient (Wildman–Crippen LogP) is 2.00. The molecule has 0 bridgehead atoms. The van der Waals surface area contributed by atoms with Crippen LogP contribution in [0.2, 0.25) is 0 Å². The third kappa shape index (κ3) is 3.89. The number of hydrogen-bond donors (Lipinski definition) is 1. The lowest BCUT2D eigenvalue weighted by molar-refractivity contribution is 0.155. The van der Waals surface area contributed by atoms with E-state index in [-0.39, 0.29) is 6.10 Å². The molecule has 1 saturated heterocycles. The quantitative estimate of drug-likeness (QED) is 0.868. The second kappa shape index (κ2) is 5.87. The van der Waals surface area contributed by atoms with Crippen LogP contribution < -0.4 is 14.8 Å². The summed E-state index contributed by atoms with van der Waals surface area (Å²) in [6.45, 7) is 6.05. The number of ether oxygens (including phenoxy) is 2. The molecule has 0 saturated carbocycles. The van der Waals surface area contributed by atoms with Crippen molar-refractivity contribution in [2.45, 2.75) is 38.9 Å². The number of nitrogens with one attached hydrogen (secondary N) is 1. The second-order valence-electron chi connectivity index (χ2n) is 4.57. The molecule has 0 aliphatic carbocycles. The van der Waals surface area contributed by atoms with Crippen molar-refractivity contribution in [2.24, 2.45) is 0 Å². The summed E-state index contributed by atoms with van der Waals surface area (Å²) in [6.07, 6.45) is 4.28. The number of piperidine rings is 1. The fourth-order valence-corrected chi connectivity index (χ4v) is 1.86. The van der Waals surface area contributed by atoms with E-state index in [1.165, 1.54) is 0 Å². The lowest BCUT2D eigenvalue weighted by Gasteiger charge is -2.23. The maximum atomic E-state index is 5.81. The van der Waals surface area contributed by atoms with Crippen LogP contribution in [0.15, 0.2) is 18.3 Å². The molecule has 0 spiro atoms. The summed E-state index contributed by atoms with van der Waals surface area (Å²) in [5.41, 5.74) is 0. The van der Waals surface area contributed by atoms with Crippen molar-refractivity contribution >= 4 is 0 Å². The summed E-state index contributed by atoms with van der Waals surface area (Å²) in [4.78, 5) is 4.26. The molecule has 0 unspecified atom stereocenters. The van der Waals surface area contributed by atoms with Crippen LogP contribution in [0.1, 0.15) is 26.7 Å². The molecule has 4 nitrogen and oxygen atoms in total. The van der Waals surface area contributed by atoms with Gasteiger partial charge in [0.25, 0.3) is 0 Å². The molecular formula is C13H20N2O2. The SMILES string of the molecule is CC(C)Oc1ccc(OC2CCNCC2)nc1. The van der Waals surface area contributed by atoms with Crippen LogP contribution in [0, 0.1) is 0 Å². The smallest absolute Gasteiger partial charge is 0.213 e. The Hall–Kier alpha value is -1.29. The topological polar surface area (TPSA) is 43.4 Å². The molecule has 0 aromatic carbocycles. The van der Waals surface area contributed by atoms with Gasteiger partial charge in [0.15, 0.2) is 0 Å². The van der Waals surface area contributed by atoms with Crippen molar-refractivity contribution in [3.8, 4) is 11.6 Å². The minimum Gasteiger partial charge on any atom is -0.489 e. The second-order valence-corrected chi connectivity index (χ2v) is 4.57. The third-order valence-corrected chi connectivity index (χ3v) is 2.65. The molecule has 1 aromatic rings. The van der Waals surface area contributed by atoms with E-state index in [2.05, 4.69) is 10.3 Å². The minimum absolute atomic E-state index is 0.174. The van der Waals surface area contributed by atoms with E-state index in [1.54, 1.807) is 6.20 Å². The van der Waals surface area contributed by atoms with Crippen molar-refractivity contribution in [1.29, 1.82) is 0 Å². The average molecular weight is 236 g/mol. The largest absolute Gasteiger partial charge is 0.489 e. The normalized spacial score (nSPS) is 17.1. The number of hydrogen-bond acceptors (Lipinski definition) is 4. The Morgan fingerprint density at radius 2 is 2.06 bits per heavy atom. The molecular weight excluding hydrogens is 216 g/mol. The molecule has 4 heteroatoms. The fourth-order valence-electron chi connectivity index (χ4n) is 1.86. The van der Waals surface area contributed by atoms with Crippen LogP contribution in [0.3, 0.4) is 0 Å². The Balaban J connectivity index is 1.88. The van der Waals surface area contributed by atoms with E-state index in [0.29, 0.717) is 12.0 Å². The van der Waals surface area contributed by atoms with Gasteiger partial charge in [-0.3, -0.25) is 0 Å². The first-order valence-electron chi connectivity index (χ1n) is 6.24. The summed E-state index contributed by atoms with van der Waals surface area (Å²) in [5, 5.41) is 3.31. The molecule has 1 aromatic heterocycles. The highest BCUT2D eigenvalue weighted by Crippen LogP contribution is 2.18. The van der Waals surface area contributed by atoms with Gasteiger partial charge in [0.2, 0.25) is 5.88 Å². The minimum atomic E-state index is 0.174. The van der Waals surface area contributed by atoms with Crippen LogP contribution in [0.5, 0.6) is 11.6 Å². The zero-order valence-electron chi connectivity index (χ0n) is 10.5. The van der Waals surface area contributed by atoms with E-state index in [0.717, 1.165) is 31.7 Å². The standard InChI is InChI=1S/C13H20N2O2/c1-10(2)16-12-3-4-13(15-9-12)17-11-5-7-14-8-6-11/h3-4,9-11,14H,5-8H2,1-2H3. The number of pyridine rings is 1. The predicted molar refractivity (Wildman–Crippen MR) is 66.5 cm³/mol. The van der Waals surface area contributed by atoms with Crippen LogP contribution in [0.4, 0.5) is 0 Å². The highest BCUT2D eigenvalue weighted by molar-refractivity contribution is 5.23. The van der Waals surface area contributed by atoms with Gasteiger partial charge in [-0.2, -0.15) is 0 Å². The van der Waals surface area contributed by atoms with E-state index < -0.39 is 0 Å². The fraction of sp³-hybridized carbons (Fsp3) is 0.615. The molecule has 0 radical (unpaired) electrons. The van der Waals surface area contributed by atoms with Crippen LogP contribution in [0.25, 0.3) is 0 Å². The summed E-state index contributed by atoms with van der Waals surface area (Å²) in [7, 11) is 0. The van der Waals surface area contributed by atoms with E-state index in [1.807, 2.05) is 26.0 Å². The Morgan fingerprint density at radius 1 is 1.29 bits per heavy atom. The monoisotopic (exact) mass is 236 g/mol. The molecule has 1 N–H and O–H groups in total. The van der Waals surface area contributed by atoms with Crippen molar-refractivity contribution in [3.05, 3.63) is 18.3 Å². The average Bonchev–Trinajstić information content (AvgIpc) is 2.32. The number of nitrogens with zero attached hydrogens (tertiary/aromatic N) is 1. The first-order chi connectivity index (χ1) is 8.24. The van der Waals surface area contributed by atoms with Gasteiger partial charge < -0.3 is 14.8 Å². The first kappa shape index (κ1) is 12.2. The van der Waals surface area contributed by atoms with Gasteiger partial charge in [-0.25, -0.2) is 4.98 Å². The van der Waals surface area contributed by atoms with Crippen LogP contribution >= 0.6 is 0 Å². The number of aromatic nitrogens is 1. The molecule has 0 atom stereocenters. The van der Waals surface area contributed by atoms with Gasteiger partial charge in [0, 0.05) is 6.07 Å². The Morgan fingerprint density at radius 3 is 2.65 bits per heavy atom. The van der Waals surface area contributed by atoms with Crippen LogP contribution in [-0.4, -0.2) is 30.3 Å². The highest BCUT2D eigenvalue weighted by atomic mass is 16.5. The molecule has 1 aliphatic heterocycles. The maximum Gasteiger partial charge on any atom is 0.213 e. The Labute approximate surface area is 102 Å². The Kier molecular flexibility index (Phi) is 4.20. The van der Waals surface area contributed by atoms with Crippen molar-refractivity contribution in [1.82, 2.24) is 10.3 Å². The third-order valence-electron chi connectivity index (χ3n) is 2.65. The van der Waals surface area contributed by atoms with Crippen molar-refractivity contribution in [3.63, 3.8) is 0 Å². The molecule has 1 aliphatic rings. The van der Waals surface area contributed by atoms with Gasteiger partial charge >= 0.3 is 0 Å². The zero-order chi connectivity index (χ0) is 12.1. The van der Waals surface area contributed by atoms with Gasteiger partial charge in [-0.1, -0.05) is 0 Å². The molecule has 0 amide bonds. The van der Waals surface area contributed by atoms with Crippen LogP contribution in [-0.2, 0) is 0 Å². The Bertz CT molecular complexity index is 332. The summed E-state index contributed by atoms with van der Waals surface area (Å²) < 4.78 is 11.3. The zero-order valence-corrected chi connectivity index (χ0v) is 10.5. The van der Waals surface area contributed by atoms with Gasteiger partial charge in [-0.05, 0) is 45.8 Å². The van der Waals surface area contributed by atoms with Gasteiger partial charge in [0.05, 0.1) is 12.3 Å². The lowest BCUT2D eigenvalue weighted by Crippen LogP contribution is -2.34.